The quantitative estimate of drug-likeness (QED) is 0.648. The highest BCUT2D eigenvalue weighted by atomic mass is 19.4. The first-order valence-electron chi connectivity index (χ1n) is 10.3. The fraction of sp³-hybridized carbons (Fsp3) is 0.417. The summed E-state index contributed by atoms with van der Waals surface area (Å²) in [5, 5.41) is 9.46. The molecule has 0 aromatic heterocycles. The van der Waals surface area contributed by atoms with Gasteiger partial charge in [0, 0.05) is 11.5 Å². The van der Waals surface area contributed by atoms with Gasteiger partial charge in [0.05, 0.1) is 29.7 Å². The van der Waals surface area contributed by atoms with E-state index in [0.717, 1.165) is 12.1 Å². The SMILES string of the molecule is CC(C)(C(=O)O)[C@@H](N)C(=O)C1=CCC2C=CC=CC2C1OCc1ccc(C(F)(F)F)cc1. The van der Waals surface area contributed by atoms with E-state index in [2.05, 4.69) is 0 Å². The molecule has 8 heteroatoms. The maximum absolute atomic E-state index is 13.2. The van der Waals surface area contributed by atoms with Gasteiger partial charge in [-0.2, -0.15) is 13.2 Å². The number of carboxylic acids is 1. The minimum absolute atomic E-state index is 0.00817. The maximum atomic E-state index is 13.2. The predicted octanol–water partition coefficient (Wildman–Crippen LogP) is 4.29. The van der Waals surface area contributed by atoms with Crippen LogP contribution in [0.2, 0.25) is 0 Å². The highest BCUT2D eigenvalue weighted by molar-refractivity contribution is 6.03. The number of hydrogen-bond acceptors (Lipinski definition) is 4. The number of benzene rings is 1. The molecule has 32 heavy (non-hydrogen) atoms. The first-order valence-corrected chi connectivity index (χ1v) is 10.3. The van der Waals surface area contributed by atoms with E-state index >= 15 is 0 Å². The molecule has 0 saturated heterocycles. The van der Waals surface area contributed by atoms with Crippen molar-refractivity contribution in [3.8, 4) is 0 Å². The first kappa shape index (κ1) is 23.9. The van der Waals surface area contributed by atoms with Crippen LogP contribution in [0.25, 0.3) is 0 Å². The Morgan fingerprint density at radius 3 is 2.38 bits per heavy atom. The van der Waals surface area contributed by atoms with E-state index in [4.69, 9.17) is 10.5 Å². The van der Waals surface area contributed by atoms with Gasteiger partial charge in [-0.05, 0) is 43.9 Å². The molecule has 1 aromatic rings. The van der Waals surface area contributed by atoms with E-state index in [9.17, 15) is 27.9 Å². The van der Waals surface area contributed by atoms with Gasteiger partial charge in [0.25, 0.3) is 0 Å². The van der Waals surface area contributed by atoms with Crippen molar-refractivity contribution in [2.75, 3.05) is 0 Å². The number of carbonyl (C=O) groups excluding carboxylic acids is 1. The third-order valence-corrected chi connectivity index (χ3v) is 6.17. The van der Waals surface area contributed by atoms with Gasteiger partial charge in [-0.1, -0.05) is 42.5 Å². The number of hydrogen-bond donors (Lipinski definition) is 2. The fourth-order valence-corrected chi connectivity index (χ4v) is 3.88. The third kappa shape index (κ3) is 4.86. The predicted molar refractivity (Wildman–Crippen MR) is 112 cm³/mol. The number of Topliss-reactive ketones (excluding diaryl/α,β-unsaturated/α-hetero) is 1. The molecular weight excluding hydrogens is 423 g/mol. The molecule has 0 saturated carbocycles. The van der Waals surface area contributed by atoms with Crippen molar-refractivity contribution in [2.45, 2.75) is 45.2 Å². The fourth-order valence-electron chi connectivity index (χ4n) is 3.88. The largest absolute Gasteiger partial charge is 0.481 e. The Morgan fingerprint density at radius 2 is 1.78 bits per heavy atom. The molecule has 5 nitrogen and oxygen atoms in total. The smallest absolute Gasteiger partial charge is 0.416 e. The summed E-state index contributed by atoms with van der Waals surface area (Å²) in [6, 6.07) is 3.37. The Bertz CT molecular complexity index is 960. The number of ketones is 1. The van der Waals surface area contributed by atoms with Crippen molar-refractivity contribution in [1.82, 2.24) is 0 Å². The molecule has 0 heterocycles. The topological polar surface area (TPSA) is 89.6 Å². The number of carboxylic acid groups (broad SMARTS) is 1. The van der Waals surface area contributed by atoms with Gasteiger partial charge in [0.15, 0.2) is 5.78 Å². The third-order valence-electron chi connectivity index (χ3n) is 6.17. The average Bonchev–Trinajstić information content (AvgIpc) is 2.75. The van der Waals surface area contributed by atoms with Crippen LogP contribution in [0.5, 0.6) is 0 Å². The molecule has 1 aromatic carbocycles. The molecule has 3 N–H and O–H groups in total. The van der Waals surface area contributed by atoms with Gasteiger partial charge in [0.2, 0.25) is 0 Å². The van der Waals surface area contributed by atoms with Crippen molar-refractivity contribution in [2.24, 2.45) is 23.0 Å². The van der Waals surface area contributed by atoms with Gasteiger partial charge in [0.1, 0.15) is 0 Å². The summed E-state index contributed by atoms with van der Waals surface area (Å²) in [4.78, 5) is 24.8. The zero-order valence-electron chi connectivity index (χ0n) is 17.8. The van der Waals surface area contributed by atoms with Crippen LogP contribution >= 0.6 is 0 Å². The summed E-state index contributed by atoms with van der Waals surface area (Å²) >= 11 is 0. The van der Waals surface area contributed by atoms with Gasteiger partial charge in [-0.15, -0.1) is 0 Å². The molecule has 3 rings (SSSR count). The molecule has 0 bridgehead atoms. The molecule has 2 aliphatic rings. The first-order chi connectivity index (χ1) is 14.9. The number of alkyl halides is 3. The number of ether oxygens (including phenoxy) is 1. The average molecular weight is 449 g/mol. The summed E-state index contributed by atoms with van der Waals surface area (Å²) in [5.41, 5.74) is 4.66. The number of aliphatic carboxylic acids is 1. The molecule has 0 spiro atoms. The Kier molecular flexibility index (Phi) is 6.76. The van der Waals surface area contributed by atoms with Crippen LogP contribution in [0.15, 0.2) is 60.2 Å². The van der Waals surface area contributed by atoms with Crippen molar-refractivity contribution >= 4 is 11.8 Å². The zero-order valence-corrected chi connectivity index (χ0v) is 17.8. The number of halogens is 3. The molecule has 2 aliphatic carbocycles. The second kappa shape index (κ2) is 9.03. The second-order valence-electron chi connectivity index (χ2n) is 8.70. The Labute approximate surface area is 184 Å². The lowest BCUT2D eigenvalue weighted by atomic mass is 9.71. The van der Waals surface area contributed by atoms with Crippen LogP contribution in [0.4, 0.5) is 13.2 Å². The Morgan fingerprint density at radius 1 is 1.16 bits per heavy atom. The van der Waals surface area contributed by atoms with Crippen molar-refractivity contribution in [3.63, 3.8) is 0 Å². The monoisotopic (exact) mass is 449 g/mol. The van der Waals surface area contributed by atoms with E-state index in [1.807, 2.05) is 24.3 Å². The van der Waals surface area contributed by atoms with Crippen LogP contribution in [0.3, 0.4) is 0 Å². The van der Waals surface area contributed by atoms with E-state index in [-0.39, 0.29) is 18.4 Å². The van der Waals surface area contributed by atoms with Gasteiger partial charge >= 0.3 is 12.1 Å². The molecule has 0 amide bonds. The summed E-state index contributed by atoms with van der Waals surface area (Å²) in [7, 11) is 0. The number of nitrogens with two attached hydrogens (primary N) is 1. The van der Waals surface area contributed by atoms with Crippen LogP contribution in [-0.4, -0.2) is 29.0 Å². The molecule has 4 atom stereocenters. The van der Waals surface area contributed by atoms with Gasteiger partial charge in [-0.3, -0.25) is 9.59 Å². The summed E-state index contributed by atoms with van der Waals surface area (Å²) in [6.07, 6.45) is 4.90. The molecule has 0 radical (unpaired) electrons. The zero-order chi connectivity index (χ0) is 23.7. The lowest BCUT2D eigenvalue weighted by Crippen LogP contribution is -2.51. The number of rotatable bonds is 7. The molecule has 0 aliphatic heterocycles. The molecule has 3 unspecified atom stereocenters. The van der Waals surface area contributed by atoms with Crippen LogP contribution < -0.4 is 5.73 Å². The van der Waals surface area contributed by atoms with E-state index in [1.54, 1.807) is 6.08 Å². The molecular formula is C24H26F3NO4. The van der Waals surface area contributed by atoms with Crippen molar-refractivity contribution in [1.29, 1.82) is 0 Å². The molecule has 0 fully saturated rings. The second-order valence-corrected chi connectivity index (χ2v) is 8.70. The maximum Gasteiger partial charge on any atom is 0.416 e. The van der Waals surface area contributed by atoms with Crippen LogP contribution in [0, 0.1) is 17.3 Å². The van der Waals surface area contributed by atoms with Crippen LogP contribution in [0.1, 0.15) is 31.4 Å². The summed E-state index contributed by atoms with van der Waals surface area (Å²) < 4.78 is 44.5. The molecule has 172 valence electrons. The summed E-state index contributed by atoms with van der Waals surface area (Å²) in [5.74, 6) is -1.76. The van der Waals surface area contributed by atoms with Crippen molar-refractivity contribution in [3.05, 3.63) is 71.3 Å². The lowest BCUT2D eigenvalue weighted by Gasteiger charge is -2.38. The highest BCUT2D eigenvalue weighted by Crippen LogP contribution is 2.38. The normalized spacial score (nSPS) is 23.9. The lowest BCUT2D eigenvalue weighted by molar-refractivity contribution is -0.150. The minimum atomic E-state index is -4.43. The number of fused-ring (bicyclic) bond motifs is 1. The van der Waals surface area contributed by atoms with E-state index in [0.29, 0.717) is 17.6 Å². The Hall–Kier alpha value is -2.71. The highest BCUT2D eigenvalue weighted by Gasteiger charge is 2.44. The summed E-state index contributed by atoms with van der Waals surface area (Å²) in [6.45, 7) is 2.78. The number of allylic oxidation sites excluding steroid dienone is 4. The van der Waals surface area contributed by atoms with Gasteiger partial charge < -0.3 is 15.6 Å². The van der Waals surface area contributed by atoms with Gasteiger partial charge in [-0.25, -0.2) is 0 Å². The number of carbonyl (C=O) groups is 2. The minimum Gasteiger partial charge on any atom is -0.481 e. The standard InChI is InChI=1S/C24H26F3NO4/c1-23(2,22(30)31)21(28)19(29)18-12-9-15-5-3-4-6-17(15)20(18)32-13-14-7-10-16(11-8-14)24(25,26)27/h3-8,10-12,15,17,20-21H,9,13,28H2,1-2H3,(H,30,31)/t15?,17?,20?,21-/m0/s1. The Balaban J connectivity index is 1.84. The van der Waals surface area contributed by atoms with Crippen molar-refractivity contribution < 1.29 is 32.6 Å². The van der Waals surface area contributed by atoms with E-state index in [1.165, 1.54) is 26.0 Å². The van der Waals surface area contributed by atoms with Crippen LogP contribution in [-0.2, 0) is 27.1 Å². The van der Waals surface area contributed by atoms with E-state index < -0.39 is 41.1 Å².